The fourth-order valence-electron chi connectivity index (χ4n) is 1.15. The minimum Gasteiger partial charge on any atom is -0.326 e. The molecule has 0 saturated heterocycles. The van der Waals surface area contributed by atoms with Gasteiger partial charge in [0.25, 0.3) is 0 Å². The molecule has 2 aromatic heterocycles. The average molecular weight is 223 g/mol. The molecule has 2 heterocycles. The highest BCUT2D eigenvalue weighted by atomic mass is 32.1. The molecule has 0 aromatic carbocycles. The van der Waals surface area contributed by atoms with Gasteiger partial charge >= 0.3 is 0 Å². The lowest BCUT2D eigenvalue weighted by molar-refractivity contribution is 0.104. The molecule has 0 unspecified atom stereocenters. The van der Waals surface area contributed by atoms with E-state index < -0.39 is 0 Å². The van der Waals surface area contributed by atoms with Crippen LogP contribution in [0.4, 0.5) is 0 Å². The summed E-state index contributed by atoms with van der Waals surface area (Å²) in [5.74, 6) is 0.0935. The molecule has 2 aromatic rings. The van der Waals surface area contributed by atoms with Crippen LogP contribution in [0, 0.1) is 0 Å². The molecule has 0 bridgehead atoms. The fourth-order valence-corrected chi connectivity index (χ4v) is 2.63. The van der Waals surface area contributed by atoms with Crippen LogP contribution < -0.4 is 5.73 Å². The van der Waals surface area contributed by atoms with Crippen LogP contribution in [0.1, 0.15) is 20.1 Å². The van der Waals surface area contributed by atoms with Crippen LogP contribution in [0.3, 0.4) is 0 Å². The maximum Gasteiger partial charge on any atom is 0.203 e. The van der Waals surface area contributed by atoms with Crippen molar-refractivity contribution in [3.05, 3.63) is 44.3 Å². The van der Waals surface area contributed by atoms with Crippen LogP contribution in [0.5, 0.6) is 0 Å². The van der Waals surface area contributed by atoms with Gasteiger partial charge in [0.15, 0.2) is 0 Å². The van der Waals surface area contributed by atoms with Gasteiger partial charge in [0.2, 0.25) is 5.78 Å². The van der Waals surface area contributed by atoms with Crippen LogP contribution >= 0.6 is 22.7 Å². The van der Waals surface area contributed by atoms with Crippen molar-refractivity contribution in [2.75, 3.05) is 0 Å². The number of hydrogen-bond donors (Lipinski definition) is 1. The lowest BCUT2D eigenvalue weighted by atomic mass is 10.2. The Kier molecular flexibility index (Phi) is 2.77. The molecule has 14 heavy (non-hydrogen) atoms. The molecular weight excluding hydrogens is 214 g/mol. The number of carbonyl (C=O) groups excluding carboxylic acids is 1. The molecule has 2 N–H and O–H groups in total. The minimum atomic E-state index is 0.0935. The van der Waals surface area contributed by atoms with Crippen LogP contribution in [-0.4, -0.2) is 5.78 Å². The van der Waals surface area contributed by atoms with Gasteiger partial charge in [-0.2, -0.15) is 11.3 Å². The highest BCUT2D eigenvalue weighted by Crippen LogP contribution is 2.20. The van der Waals surface area contributed by atoms with Gasteiger partial charge in [-0.05, 0) is 23.6 Å². The standard InChI is InChI=1S/C10H9NOS2/c11-5-8-1-2-9(14-8)10(12)7-3-4-13-6-7/h1-4,6H,5,11H2. The summed E-state index contributed by atoms with van der Waals surface area (Å²) in [6, 6.07) is 5.59. The number of thiophene rings is 2. The summed E-state index contributed by atoms with van der Waals surface area (Å²) >= 11 is 3.00. The normalized spacial score (nSPS) is 10.4. The maximum atomic E-state index is 11.8. The van der Waals surface area contributed by atoms with E-state index in [1.165, 1.54) is 22.7 Å². The molecular formula is C10H9NOS2. The Balaban J connectivity index is 2.28. The Morgan fingerprint density at radius 3 is 2.79 bits per heavy atom. The van der Waals surface area contributed by atoms with Crippen molar-refractivity contribution in [3.63, 3.8) is 0 Å². The number of rotatable bonds is 3. The van der Waals surface area contributed by atoms with Gasteiger partial charge in [-0.25, -0.2) is 0 Å². The zero-order valence-corrected chi connectivity index (χ0v) is 9.03. The van der Waals surface area contributed by atoms with Gasteiger partial charge in [0.1, 0.15) is 0 Å². The van der Waals surface area contributed by atoms with Gasteiger partial charge in [-0.1, -0.05) is 0 Å². The smallest absolute Gasteiger partial charge is 0.203 e. The Morgan fingerprint density at radius 1 is 1.36 bits per heavy atom. The Hall–Kier alpha value is -0.970. The molecule has 0 atom stereocenters. The van der Waals surface area contributed by atoms with E-state index in [2.05, 4.69) is 0 Å². The summed E-state index contributed by atoms with van der Waals surface area (Å²) in [7, 11) is 0. The van der Waals surface area contributed by atoms with E-state index in [-0.39, 0.29) is 5.78 Å². The third kappa shape index (κ3) is 1.77. The molecule has 0 fully saturated rings. The van der Waals surface area contributed by atoms with Crippen LogP contribution in [0.25, 0.3) is 0 Å². The van der Waals surface area contributed by atoms with Gasteiger partial charge in [0.05, 0.1) is 4.88 Å². The van der Waals surface area contributed by atoms with Crippen molar-refractivity contribution >= 4 is 28.5 Å². The van der Waals surface area contributed by atoms with E-state index in [4.69, 9.17) is 5.73 Å². The molecule has 0 radical (unpaired) electrons. The Bertz CT molecular complexity index is 431. The first kappa shape index (κ1) is 9.58. The van der Waals surface area contributed by atoms with E-state index in [0.717, 1.165) is 15.3 Å². The number of carbonyl (C=O) groups is 1. The topological polar surface area (TPSA) is 43.1 Å². The first-order valence-corrected chi connectivity index (χ1v) is 5.93. The average Bonchev–Trinajstić information content (AvgIpc) is 2.88. The quantitative estimate of drug-likeness (QED) is 0.812. The SMILES string of the molecule is NCc1ccc(C(=O)c2ccsc2)s1. The predicted molar refractivity (Wildman–Crippen MR) is 60.0 cm³/mol. The van der Waals surface area contributed by atoms with Crippen LogP contribution in [0.15, 0.2) is 29.0 Å². The van der Waals surface area contributed by atoms with E-state index in [9.17, 15) is 4.79 Å². The highest BCUT2D eigenvalue weighted by Gasteiger charge is 2.11. The predicted octanol–water partition coefficient (Wildman–Crippen LogP) is 2.50. The second-order valence-electron chi connectivity index (χ2n) is 2.81. The minimum absolute atomic E-state index is 0.0935. The summed E-state index contributed by atoms with van der Waals surface area (Å²) < 4.78 is 0. The number of nitrogens with two attached hydrogens (primary N) is 1. The summed E-state index contributed by atoms with van der Waals surface area (Å²) in [4.78, 5) is 13.6. The van der Waals surface area contributed by atoms with Crippen molar-refractivity contribution in [1.29, 1.82) is 0 Å². The summed E-state index contributed by atoms with van der Waals surface area (Å²) in [5, 5.41) is 3.77. The summed E-state index contributed by atoms with van der Waals surface area (Å²) in [6.45, 7) is 0.502. The van der Waals surface area contributed by atoms with Crippen LogP contribution in [0.2, 0.25) is 0 Å². The maximum absolute atomic E-state index is 11.8. The third-order valence-electron chi connectivity index (χ3n) is 1.87. The molecule has 72 valence electrons. The molecule has 4 heteroatoms. The molecule has 0 amide bonds. The van der Waals surface area contributed by atoms with E-state index in [1.807, 2.05) is 29.0 Å². The third-order valence-corrected chi connectivity index (χ3v) is 3.66. The van der Waals surface area contributed by atoms with Gasteiger partial charge in [0, 0.05) is 22.4 Å². The zero-order chi connectivity index (χ0) is 9.97. The monoisotopic (exact) mass is 223 g/mol. The first-order chi connectivity index (χ1) is 6.81. The number of hydrogen-bond acceptors (Lipinski definition) is 4. The van der Waals surface area contributed by atoms with Gasteiger partial charge in [-0.15, -0.1) is 11.3 Å². The fraction of sp³-hybridized carbons (Fsp3) is 0.100. The Morgan fingerprint density at radius 2 is 2.21 bits per heavy atom. The molecule has 0 aliphatic rings. The van der Waals surface area contributed by atoms with Gasteiger partial charge in [-0.3, -0.25) is 4.79 Å². The zero-order valence-electron chi connectivity index (χ0n) is 7.40. The molecule has 0 spiro atoms. The van der Waals surface area contributed by atoms with E-state index >= 15 is 0 Å². The summed E-state index contributed by atoms with van der Waals surface area (Å²) in [5.41, 5.74) is 6.25. The van der Waals surface area contributed by atoms with E-state index in [1.54, 1.807) is 0 Å². The Labute approximate surface area is 90.0 Å². The second-order valence-corrected chi connectivity index (χ2v) is 4.76. The van der Waals surface area contributed by atoms with Crippen LogP contribution in [-0.2, 0) is 6.54 Å². The van der Waals surface area contributed by atoms with E-state index in [0.29, 0.717) is 6.54 Å². The molecule has 0 aliphatic carbocycles. The lowest BCUT2D eigenvalue weighted by Crippen LogP contribution is -1.95. The lowest BCUT2D eigenvalue weighted by Gasteiger charge is -1.91. The van der Waals surface area contributed by atoms with Crippen molar-refractivity contribution < 1.29 is 4.79 Å². The van der Waals surface area contributed by atoms with Crippen molar-refractivity contribution in [2.45, 2.75) is 6.54 Å². The van der Waals surface area contributed by atoms with Crippen molar-refractivity contribution in [3.8, 4) is 0 Å². The molecule has 2 rings (SSSR count). The first-order valence-electron chi connectivity index (χ1n) is 4.17. The molecule has 0 aliphatic heterocycles. The number of ketones is 1. The highest BCUT2D eigenvalue weighted by molar-refractivity contribution is 7.14. The molecule has 0 saturated carbocycles. The largest absolute Gasteiger partial charge is 0.326 e. The molecule has 2 nitrogen and oxygen atoms in total. The van der Waals surface area contributed by atoms with Crippen molar-refractivity contribution in [1.82, 2.24) is 0 Å². The van der Waals surface area contributed by atoms with Crippen molar-refractivity contribution in [2.24, 2.45) is 5.73 Å². The summed E-state index contributed by atoms with van der Waals surface area (Å²) in [6.07, 6.45) is 0. The second kappa shape index (κ2) is 4.04. The van der Waals surface area contributed by atoms with Gasteiger partial charge < -0.3 is 5.73 Å².